The number of aromatic nitrogens is 3. The molecule has 4 aromatic rings. The summed E-state index contributed by atoms with van der Waals surface area (Å²) in [6.45, 7) is 0. The van der Waals surface area contributed by atoms with Crippen molar-refractivity contribution >= 4 is 44.9 Å². The molecule has 3 aromatic heterocycles. The van der Waals surface area contributed by atoms with E-state index in [1.54, 1.807) is 11.3 Å². The minimum absolute atomic E-state index is 0.638. The van der Waals surface area contributed by atoms with Gasteiger partial charge in [-0.2, -0.15) is 4.98 Å². The second-order valence-electron chi connectivity index (χ2n) is 6.00. The fourth-order valence-electron chi connectivity index (χ4n) is 3.16. The summed E-state index contributed by atoms with van der Waals surface area (Å²) >= 11 is 1.75. The zero-order chi connectivity index (χ0) is 16.8. The van der Waals surface area contributed by atoms with Gasteiger partial charge in [0.2, 0.25) is 5.95 Å². The van der Waals surface area contributed by atoms with Crippen LogP contribution in [0, 0.1) is 0 Å². The third-order valence-corrected chi connectivity index (χ3v) is 5.13. The van der Waals surface area contributed by atoms with Crippen LogP contribution >= 0.6 is 11.3 Å². The Hall–Kier alpha value is -2.60. The summed E-state index contributed by atoms with van der Waals surface area (Å²) in [5.41, 5.74) is 3.39. The molecular weight excluding hydrogens is 318 g/mol. The van der Waals surface area contributed by atoms with E-state index in [9.17, 15) is 0 Å². The van der Waals surface area contributed by atoms with Gasteiger partial charge in [0.1, 0.15) is 5.82 Å². The Morgan fingerprint density at radius 2 is 2.04 bits per heavy atom. The van der Waals surface area contributed by atoms with Crippen molar-refractivity contribution in [3.63, 3.8) is 0 Å². The van der Waals surface area contributed by atoms with Crippen LogP contribution < -0.4 is 10.2 Å². The molecule has 0 aliphatic rings. The van der Waals surface area contributed by atoms with Gasteiger partial charge in [0.15, 0.2) is 0 Å². The van der Waals surface area contributed by atoms with Crippen LogP contribution in [0.5, 0.6) is 0 Å². The molecule has 5 nitrogen and oxygen atoms in total. The predicted molar refractivity (Wildman–Crippen MR) is 103 cm³/mol. The van der Waals surface area contributed by atoms with E-state index >= 15 is 0 Å². The number of hydrogen-bond acceptors (Lipinski definition) is 5. The van der Waals surface area contributed by atoms with E-state index in [4.69, 9.17) is 4.98 Å². The maximum atomic E-state index is 4.71. The van der Waals surface area contributed by atoms with Crippen molar-refractivity contribution in [1.82, 2.24) is 14.5 Å². The van der Waals surface area contributed by atoms with Crippen LogP contribution in [0.3, 0.4) is 0 Å². The predicted octanol–water partition coefficient (Wildman–Crippen LogP) is 3.96. The van der Waals surface area contributed by atoms with Crippen LogP contribution in [0.1, 0.15) is 0 Å². The lowest BCUT2D eigenvalue weighted by atomic mass is 10.0. The Bertz CT molecular complexity index is 1030. The van der Waals surface area contributed by atoms with Crippen LogP contribution in [0.4, 0.5) is 11.8 Å². The monoisotopic (exact) mass is 337 g/mol. The molecule has 0 bridgehead atoms. The third kappa shape index (κ3) is 2.14. The van der Waals surface area contributed by atoms with Gasteiger partial charge >= 0.3 is 0 Å². The Labute approximate surface area is 144 Å². The first-order chi connectivity index (χ1) is 11.6. The molecule has 0 aliphatic heterocycles. The fraction of sp³-hybridized carbons (Fsp3) is 0.222. The van der Waals surface area contributed by atoms with E-state index in [1.165, 1.54) is 21.3 Å². The van der Waals surface area contributed by atoms with Gasteiger partial charge in [0.25, 0.3) is 0 Å². The highest BCUT2D eigenvalue weighted by Gasteiger charge is 2.18. The standard InChI is InChI=1S/C18H19N5S/c1-19-18-20-13-10-12(14-6-5-9-24-14)16-11(7-8-23(16)4)15(13)17(21-18)22(2)3/h5-10H,1-4H3,(H,19,20,21). The zero-order valence-corrected chi connectivity index (χ0v) is 15.0. The highest BCUT2D eigenvalue weighted by atomic mass is 32.1. The quantitative estimate of drug-likeness (QED) is 0.615. The van der Waals surface area contributed by atoms with E-state index in [0.717, 1.165) is 16.7 Å². The van der Waals surface area contributed by atoms with E-state index in [-0.39, 0.29) is 0 Å². The maximum absolute atomic E-state index is 4.71. The van der Waals surface area contributed by atoms with E-state index < -0.39 is 0 Å². The van der Waals surface area contributed by atoms with Crippen molar-refractivity contribution in [2.45, 2.75) is 0 Å². The molecule has 4 rings (SSSR count). The van der Waals surface area contributed by atoms with E-state index in [0.29, 0.717) is 5.95 Å². The molecule has 0 fully saturated rings. The summed E-state index contributed by atoms with van der Waals surface area (Å²) in [4.78, 5) is 12.7. The second kappa shape index (κ2) is 5.49. The number of aryl methyl sites for hydroxylation is 1. The number of hydrogen-bond donors (Lipinski definition) is 1. The third-order valence-electron chi connectivity index (χ3n) is 4.23. The summed E-state index contributed by atoms with van der Waals surface area (Å²) in [6, 6.07) is 8.58. The minimum atomic E-state index is 0.638. The topological polar surface area (TPSA) is 46.0 Å². The molecule has 3 heterocycles. The summed E-state index contributed by atoms with van der Waals surface area (Å²) in [6.07, 6.45) is 2.10. The molecule has 0 aliphatic carbocycles. The Morgan fingerprint density at radius 1 is 1.21 bits per heavy atom. The van der Waals surface area contributed by atoms with Gasteiger partial charge in [-0.05, 0) is 23.6 Å². The first-order valence-corrected chi connectivity index (χ1v) is 8.67. The fourth-order valence-corrected chi connectivity index (χ4v) is 3.90. The first kappa shape index (κ1) is 15.0. The highest BCUT2D eigenvalue weighted by Crippen LogP contribution is 2.39. The molecule has 1 N–H and O–H groups in total. The average molecular weight is 337 g/mol. The van der Waals surface area contributed by atoms with Crippen molar-refractivity contribution < 1.29 is 0 Å². The van der Waals surface area contributed by atoms with Gasteiger partial charge in [-0.15, -0.1) is 11.3 Å². The summed E-state index contributed by atoms with van der Waals surface area (Å²) in [7, 11) is 7.97. The molecule has 0 saturated carbocycles. The molecule has 0 unspecified atom stereocenters. The van der Waals surface area contributed by atoms with Crippen LogP contribution in [-0.4, -0.2) is 35.7 Å². The molecule has 122 valence electrons. The molecule has 0 saturated heterocycles. The molecule has 6 heteroatoms. The number of fused-ring (bicyclic) bond motifs is 3. The van der Waals surface area contributed by atoms with Crippen LogP contribution in [0.15, 0.2) is 35.8 Å². The van der Waals surface area contributed by atoms with Crippen LogP contribution in [0.2, 0.25) is 0 Å². The smallest absolute Gasteiger partial charge is 0.224 e. The van der Waals surface area contributed by atoms with Crippen molar-refractivity contribution in [1.29, 1.82) is 0 Å². The van der Waals surface area contributed by atoms with Crippen LogP contribution in [-0.2, 0) is 7.05 Å². The van der Waals surface area contributed by atoms with Crippen molar-refractivity contribution in [2.75, 3.05) is 31.4 Å². The number of nitrogens with zero attached hydrogens (tertiary/aromatic N) is 4. The van der Waals surface area contributed by atoms with Gasteiger partial charge in [0.05, 0.1) is 16.4 Å². The Balaban J connectivity index is 2.20. The van der Waals surface area contributed by atoms with Crippen molar-refractivity contribution in [2.24, 2.45) is 7.05 Å². The average Bonchev–Trinajstić information content (AvgIpc) is 3.23. The van der Waals surface area contributed by atoms with E-state index in [2.05, 4.69) is 57.8 Å². The molecule has 1 aromatic carbocycles. The van der Waals surface area contributed by atoms with E-state index in [1.807, 2.05) is 26.0 Å². The van der Waals surface area contributed by atoms with Crippen molar-refractivity contribution in [3.05, 3.63) is 35.8 Å². The number of thiophene rings is 1. The summed E-state index contributed by atoms with van der Waals surface area (Å²) in [5.74, 6) is 1.57. The highest BCUT2D eigenvalue weighted by molar-refractivity contribution is 7.13. The first-order valence-electron chi connectivity index (χ1n) is 7.79. The summed E-state index contributed by atoms with van der Waals surface area (Å²) in [5, 5.41) is 7.46. The molecule has 0 spiro atoms. The molecule has 24 heavy (non-hydrogen) atoms. The second-order valence-corrected chi connectivity index (χ2v) is 6.95. The SMILES string of the molecule is CNc1nc(N(C)C)c2c(cc(-c3cccs3)c3c2ccn3C)n1. The van der Waals surface area contributed by atoms with Gasteiger partial charge in [-0.1, -0.05) is 6.07 Å². The lowest BCUT2D eigenvalue weighted by Gasteiger charge is -2.17. The molecular formula is C18H19N5S. The minimum Gasteiger partial charge on any atom is -0.362 e. The number of benzene rings is 1. The molecule has 0 atom stereocenters. The number of rotatable bonds is 3. The largest absolute Gasteiger partial charge is 0.362 e. The molecule has 0 radical (unpaired) electrons. The van der Waals surface area contributed by atoms with Gasteiger partial charge in [-0.25, -0.2) is 4.98 Å². The van der Waals surface area contributed by atoms with Crippen molar-refractivity contribution in [3.8, 4) is 10.4 Å². The maximum Gasteiger partial charge on any atom is 0.224 e. The van der Waals surface area contributed by atoms with Gasteiger partial charge < -0.3 is 14.8 Å². The van der Waals surface area contributed by atoms with Gasteiger partial charge in [0, 0.05) is 50.2 Å². The number of nitrogens with one attached hydrogen (secondary N) is 1. The molecule has 0 amide bonds. The normalized spacial score (nSPS) is 11.3. The summed E-state index contributed by atoms with van der Waals surface area (Å²) < 4.78 is 2.18. The Kier molecular flexibility index (Phi) is 3.42. The van der Waals surface area contributed by atoms with Gasteiger partial charge in [-0.3, -0.25) is 0 Å². The zero-order valence-electron chi connectivity index (χ0n) is 14.2. The lowest BCUT2D eigenvalue weighted by molar-refractivity contribution is 0.970. The van der Waals surface area contributed by atoms with Crippen LogP contribution in [0.25, 0.3) is 32.2 Å². The lowest BCUT2D eigenvalue weighted by Crippen LogP contribution is -2.13. The number of anilines is 2. The Morgan fingerprint density at radius 3 is 2.71 bits per heavy atom.